The van der Waals surface area contributed by atoms with E-state index in [-0.39, 0.29) is 12.0 Å². The summed E-state index contributed by atoms with van der Waals surface area (Å²) in [5, 5.41) is 1.00. The van der Waals surface area contributed by atoms with Gasteiger partial charge in [0, 0.05) is 37.6 Å². The van der Waals surface area contributed by atoms with Crippen LogP contribution in [0.5, 0.6) is 5.75 Å². The molecule has 0 spiro atoms. The first kappa shape index (κ1) is 18.0. The van der Waals surface area contributed by atoms with E-state index in [0.29, 0.717) is 18.3 Å². The predicted octanol–water partition coefficient (Wildman–Crippen LogP) is 3.50. The molecule has 4 rings (SSSR count). The minimum absolute atomic E-state index is 0.00121. The average Bonchev–Trinajstić information content (AvgIpc) is 3.16. The molecule has 2 aliphatic rings. The van der Waals surface area contributed by atoms with Crippen LogP contribution >= 0.6 is 0 Å². The maximum Gasteiger partial charge on any atom is 0.272 e. The third-order valence-electron chi connectivity index (χ3n) is 5.43. The first-order chi connectivity index (χ1) is 13.1. The Morgan fingerprint density at radius 2 is 2.07 bits per heavy atom. The lowest BCUT2D eigenvalue weighted by atomic mass is 10.1. The number of pyridine rings is 1. The van der Waals surface area contributed by atoms with Gasteiger partial charge >= 0.3 is 0 Å². The number of nitrogens with zero attached hydrogens (tertiary/aromatic N) is 3. The van der Waals surface area contributed by atoms with E-state index in [1.54, 1.807) is 0 Å². The maximum atomic E-state index is 12.6. The lowest BCUT2D eigenvalue weighted by Gasteiger charge is -2.23. The second-order valence-corrected chi connectivity index (χ2v) is 7.68. The van der Waals surface area contributed by atoms with Crippen LogP contribution in [0.25, 0.3) is 10.9 Å². The van der Waals surface area contributed by atoms with Gasteiger partial charge in [0.25, 0.3) is 5.91 Å². The molecule has 1 fully saturated rings. The summed E-state index contributed by atoms with van der Waals surface area (Å²) in [5.41, 5.74) is 1.34. The Labute approximate surface area is 160 Å². The summed E-state index contributed by atoms with van der Waals surface area (Å²) in [4.78, 5) is 21.5. The highest BCUT2D eigenvalue weighted by atomic mass is 16.5. The fraction of sp³-hybridized carbons (Fsp3) is 0.455. The topological polar surface area (TPSA) is 45.7 Å². The second kappa shape index (κ2) is 7.69. The van der Waals surface area contributed by atoms with Crippen LogP contribution in [-0.4, -0.2) is 59.0 Å². The number of hydrogen-bond acceptors (Lipinski definition) is 4. The highest BCUT2D eigenvalue weighted by Gasteiger charge is 2.25. The van der Waals surface area contributed by atoms with Crippen molar-refractivity contribution >= 4 is 16.8 Å². The first-order valence-electron chi connectivity index (χ1n) is 9.86. The van der Waals surface area contributed by atoms with Gasteiger partial charge in [0.15, 0.2) is 0 Å². The molecule has 27 heavy (non-hydrogen) atoms. The summed E-state index contributed by atoms with van der Waals surface area (Å²) >= 11 is 0. The van der Waals surface area contributed by atoms with Gasteiger partial charge in [-0.2, -0.15) is 0 Å². The van der Waals surface area contributed by atoms with Crippen LogP contribution in [0.4, 0.5) is 0 Å². The molecule has 0 saturated carbocycles. The Balaban J connectivity index is 1.47. The standard InChI is InChI=1S/C22H27N3O2/c1-16(2)25-13-10-19(15-25)27-18-7-9-20-17(14-18)6-8-21(23-20)22(26)24-11-4-3-5-12-24/h3-4,6-9,14,16,19H,5,10-13,15H2,1-2H3. The average molecular weight is 365 g/mol. The fourth-order valence-electron chi connectivity index (χ4n) is 3.80. The van der Waals surface area contributed by atoms with E-state index in [4.69, 9.17) is 4.74 Å². The largest absolute Gasteiger partial charge is 0.489 e. The van der Waals surface area contributed by atoms with Crippen molar-refractivity contribution in [2.45, 2.75) is 38.8 Å². The molecule has 1 unspecified atom stereocenters. The minimum Gasteiger partial charge on any atom is -0.489 e. The van der Waals surface area contributed by atoms with Crippen molar-refractivity contribution in [1.82, 2.24) is 14.8 Å². The summed E-state index contributed by atoms with van der Waals surface area (Å²) in [6.07, 6.45) is 6.37. The van der Waals surface area contributed by atoms with Crippen LogP contribution in [0.15, 0.2) is 42.5 Å². The number of fused-ring (bicyclic) bond motifs is 1. The number of carbonyl (C=O) groups excluding carboxylic acids is 1. The zero-order valence-electron chi connectivity index (χ0n) is 16.1. The molecule has 2 aliphatic heterocycles. The van der Waals surface area contributed by atoms with Crippen LogP contribution in [0.3, 0.4) is 0 Å². The van der Waals surface area contributed by atoms with Crippen molar-refractivity contribution < 1.29 is 9.53 Å². The van der Waals surface area contributed by atoms with Crippen LogP contribution < -0.4 is 4.74 Å². The molecule has 0 radical (unpaired) electrons. The van der Waals surface area contributed by atoms with E-state index >= 15 is 0 Å². The van der Waals surface area contributed by atoms with Crippen molar-refractivity contribution in [1.29, 1.82) is 0 Å². The molecular formula is C22H27N3O2. The van der Waals surface area contributed by atoms with Gasteiger partial charge in [0.1, 0.15) is 17.5 Å². The van der Waals surface area contributed by atoms with Gasteiger partial charge < -0.3 is 9.64 Å². The molecule has 1 saturated heterocycles. The van der Waals surface area contributed by atoms with Gasteiger partial charge in [-0.25, -0.2) is 4.98 Å². The number of hydrogen-bond donors (Lipinski definition) is 0. The molecule has 0 aliphatic carbocycles. The van der Waals surface area contributed by atoms with Gasteiger partial charge in [-0.3, -0.25) is 9.69 Å². The Morgan fingerprint density at radius 1 is 1.19 bits per heavy atom. The van der Waals surface area contributed by atoms with Crippen molar-refractivity contribution in [3.8, 4) is 5.75 Å². The van der Waals surface area contributed by atoms with Crippen molar-refractivity contribution in [2.24, 2.45) is 0 Å². The summed E-state index contributed by atoms with van der Waals surface area (Å²) < 4.78 is 6.18. The Bertz CT molecular complexity index is 862. The summed E-state index contributed by atoms with van der Waals surface area (Å²) in [6.45, 7) is 7.95. The number of aromatic nitrogens is 1. The molecular weight excluding hydrogens is 338 g/mol. The summed E-state index contributed by atoms with van der Waals surface area (Å²) in [5.74, 6) is 0.876. The van der Waals surface area contributed by atoms with E-state index < -0.39 is 0 Å². The lowest BCUT2D eigenvalue weighted by molar-refractivity contribution is 0.0765. The highest BCUT2D eigenvalue weighted by molar-refractivity contribution is 5.95. The number of benzene rings is 1. The zero-order chi connectivity index (χ0) is 18.8. The second-order valence-electron chi connectivity index (χ2n) is 7.68. The minimum atomic E-state index is 0.00121. The van der Waals surface area contributed by atoms with E-state index in [9.17, 15) is 4.79 Å². The predicted molar refractivity (Wildman–Crippen MR) is 107 cm³/mol. The molecule has 5 nitrogen and oxygen atoms in total. The Morgan fingerprint density at radius 3 is 2.81 bits per heavy atom. The van der Waals surface area contributed by atoms with Gasteiger partial charge in [-0.05, 0) is 51.0 Å². The lowest BCUT2D eigenvalue weighted by Crippen LogP contribution is -2.34. The van der Waals surface area contributed by atoms with Crippen molar-refractivity contribution in [3.63, 3.8) is 0 Å². The smallest absolute Gasteiger partial charge is 0.272 e. The molecule has 3 heterocycles. The third kappa shape index (κ3) is 3.98. The highest BCUT2D eigenvalue weighted by Crippen LogP contribution is 2.24. The van der Waals surface area contributed by atoms with Crippen molar-refractivity contribution in [3.05, 3.63) is 48.2 Å². The normalized spacial score (nSPS) is 20.6. The van der Waals surface area contributed by atoms with Crippen LogP contribution in [0, 0.1) is 0 Å². The van der Waals surface area contributed by atoms with E-state index in [1.165, 1.54) is 0 Å². The third-order valence-corrected chi connectivity index (χ3v) is 5.43. The molecule has 0 bridgehead atoms. The Hall–Kier alpha value is -2.40. The number of carbonyl (C=O) groups is 1. The van der Waals surface area contributed by atoms with Crippen LogP contribution in [-0.2, 0) is 0 Å². The fourth-order valence-corrected chi connectivity index (χ4v) is 3.80. The molecule has 2 aromatic rings. The van der Waals surface area contributed by atoms with E-state index in [0.717, 1.165) is 49.1 Å². The Kier molecular flexibility index (Phi) is 5.12. The monoisotopic (exact) mass is 365 g/mol. The zero-order valence-corrected chi connectivity index (χ0v) is 16.1. The van der Waals surface area contributed by atoms with Gasteiger partial charge in [0.05, 0.1) is 5.52 Å². The molecule has 0 N–H and O–H groups in total. The molecule has 1 atom stereocenters. The number of rotatable bonds is 4. The first-order valence-corrected chi connectivity index (χ1v) is 9.86. The van der Waals surface area contributed by atoms with Crippen LogP contribution in [0.2, 0.25) is 0 Å². The maximum absolute atomic E-state index is 12.6. The van der Waals surface area contributed by atoms with E-state index in [1.807, 2.05) is 41.3 Å². The molecule has 142 valence electrons. The van der Waals surface area contributed by atoms with Gasteiger partial charge in [0.2, 0.25) is 0 Å². The van der Waals surface area contributed by atoms with Crippen LogP contribution in [0.1, 0.15) is 37.2 Å². The number of likely N-dealkylation sites (tertiary alicyclic amines) is 1. The van der Waals surface area contributed by atoms with Gasteiger partial charge in [-0.15, -0.1) is 0 Å². The SMILES string of the molecule is CC(C)N1CCC(Oc2ccc3nc(C(=O)N4CC=CCC4)ccc3c2)C1. The quantitative estimate of drug-likeness (QED) is 0.778. The van der Waals surface area contributed by atoms with E-state index in [2.05, 4.69) is 29.8 Å². The van der Waals surface area contributed by atoms with Gasteiger partial charge in [-0.1, -0.05) is 18.2 Å². The van der Waals surface area contributed by atoms with Crippen molar-refractivity contribution in [2.75, 3.05) is 26.2 Å². The number of amides is 1. The molecule has 1 aromatic carbocycles. The molecule has 1 amide bonds. The summed E-state index contributed by atoms with van der Waals surface area (Å²) in [7, 11) is 0. The molecule has 1 aromatic heterocycles. The summed E-state index contributed by atoms with van der Waals surface area (Å²) in [6, 6.07) is 10.3. The molecule has 5 heteroatoms. The number of ether oxygens (including phenoxy) is 1.